The number of piperidine rings is 1. The Morgan fingerprint density at radius 2 is 2.39 bits per heavy atom. The van der Waals surface area contributed by atoms with E-state index in [1.807, 2.05) is 0 Å². The van der Waals surface area contributed by atoms with Crippen molar-refractivity contribution >= 4 is 0 Å². The predicted molar refractivity (Wildman–Crippen MR) is 83.3 cm³/mol. The minimum absolute atomic E-state index is 0.0572. The molecule has 2 aromatic rings. The maximum Gasteiger partial charge on any atom is 0.325 e. The van der Waals surface area contributed by atoms with Gasteiger partial charge in [-0.25, -0.2) is 4.79 Å². The molecule has 0 radical (unpaired) electrons. The fourth-order valence-electron chi connectivity index (χ4n) is 2.96. The molecular formula is C15H23N5O3. The first kappa shape index (κ1) is 15.9. The molecular weight excluding hydrogens is 298 g/mol. The Balaban J connectivity index is 1.54. The van der Waals surface area contributed by atoms with Gasteiger partial charge in [0.25, 0.3) is 0 Å². The molecule has 0 amide bonds. The van der Waals surface area contributed by atoms with Crippen LogP contribution in [-0.4, -0.2) is 57.9 Å². The number of aromatic nitrogens is 4. The quantitative estimate of drug-likeness (QED) is 0.804. The molecule has 1 aliphatic rings. The second-order valence-electron chi connectivity index (χ2n) is 5.89. The first-order valence-corrected chi connectivity index (χ1v) is 8.04. The lowest BCUT2D eigenvalue weighted by Gasteiger charge is -2.30. The smallest absolute Gasteiger partial charge is 0.325 e. The number of imidazole rings is 1. The normalized spacial score (nSPS) is 19.3. The third-order valence-corrected chi connectivity index (χ3v) is 4.25. The van der Waals surface area contributed by atoms with Crippen LogP contribution < -0.4 is 5.69 Å². The third-order valence-electron chi connectivity index (χ3n) is 4.25. The zero-order chi connectivity index (χ0) is 16.1. The van der Waals surface area contributed by atoms with E-state index in [-0.39, 0.29) is 11.6 Å². The molecule has 8 heteroatoms. The first-order valence-electron chi connectivity index (χ1n) is 8.04. The summed E-state index contributed by atoms with van der Waals surface area (Å²) in [6, 6.07) is 0. The van der Waals surface area contributed by atoms with Crippen LogP contribution in [-0.2, 0) is 17.7 Å². The summed E-state index contributed by atoms with van der Waals surface area (Å²) < 4.78 is 12.1. The van der Waals surface area contributed by atoms with Crippen LogP contribution in [0.5, 0.6) is 0 Å². The van der Waals surface area contributed by atoms with Crippen LogP contribution in [0.3, 0.4) is 0 Å². The fraction of sp³-hybridized carbons (Fsp3) is 0.667. The Bertz CT molecular complexity index is 662. The van der Waals surface area contributed by atoms with Crippen molar-refractivity contribution in [1.29, 1.82) is 0 Å². The molecule has 3 heterocycles. The molecule has 126 valence electrons. The van der Waals surface area contributed by atoms with Crippen LogP contribution in [0.4, 0.5) is 0 Å². The van der Waals surface area contributed by atoms with Crippen molar-refractivity contribution in [1.82, 2.24) is 24.6 Å². The van der Waals surface area contributed by atoms with E-state index in [4.69, 9.17) is 9.26 Å². The van der Waals surface area contributed by atoms with Gasteiger partial charge in [-0.1, -0.05) is 5.16 Å². The highest BCUT2D eigenvalue weighted by molar-refractivity contribution is 4.97. The number of aromatic amines is 1. The van der Waals surface area contributed by atoms with E-state index >= 15 is 0 Å². The summed E-state index contributed by atoms with van der Waals surface area (Å²) >= 11 is 0. The lowest BCUT2D eigenvalue weighted by atomic mass is 9.98. The van der Waals surface area contributed by atoms with Gasteiger partial charge in [0.05, 0.1) is 12.5 Å². The topological polar surface area (TPSA) is 89.2 Å². The molecule has 0 bridgehead atoms. The molecule has 1 fully saturated rings. The van der Waals surface area contributed by atoms with Crippen molar-refractivity contribution in [3.05, 3.63) is 34.6 Å². The van der Waals surface area contributed by atoms with E-state index in [0.29, 0.717) is 25.4 Å². The number of nitrogens with zero attached hydrogens (tertiary/aromatic N) is 4. The number of nitrogens with one attached hydrogen (secondary N) is 1. The molecule has 0 unspecified atom stereocenters. The van der Waals surface area contributed by atoms with E-state index < -0.39 is 0 Å². The number of rotatable bonds is 7. The Hall–Kier alpha value is -1.93. The van der Waals surface area contributed by atoms with Gasteiger partial charge in [0, 0.05) is 45.6 Å². The van der Waals surface area contributed by atoms with Gasteiger partial charge >= 0.3 is 5.69 Å². The van der Waals surface area contributed by atoms with Gasteiger partial charge in [-0.15, -0.1) is 0 Å². The van der Waals surface area contributed by atoms with Crippen molar-refractivity contribution in [3.63, 3.8) is 0 Å². The average Bonchev–Trinajstić information content (AvgIpc) is 3.20. The van der Waals surface area contributed by atoms with E-state index in [0.717, 1.165) is 38.4 Å². The van der Waals surface area contributed by atoms with E-state index in [1.54, 1.807) is 24.1 Å². The van der Waals surface area contributed by atoms with Crippen molar-refractivity contribution in [3.8, 4) is 0 Å². The number of hydrogen-bond acceptors (Lipinski definition) is 6. The summed E-state index contributed by atoms with van der Waals surface area (Å²) in [5, 5.41) is 4.02. The van der Waals surface area contributed by atoms with Crippen molar-refractivity contribution in [2.24, 2.45) is 0 Å². The minimum atomic E-state index is -0.0572. The van der Waals surface area contributed by atoms with Crippen LogP contribution in [0.1, 0.15) is 30.5 Å². The minimum Gasteiger partial charge on any atom is -0.384 e. The monoisotopic (exact) mass is 321 g/mol. The first-order chi connectivity index (χ1) is 11.3. The summed E-state index contributed by atoms with van der Waals surface area (Å²) in [6.07, 6.45) is 6.28. The van der Waals surface area contributed by atoms with Crippen LogP contribution >= 0.6 is 0 Å². The zero-order valence-corrected chi connectivity index (χ0v) is 13.4. The molecule has 0 aromatic carbocycles. The number of likely N-dealkylation sites (tertiary alicyclic amines) is 1. The highest BCUT2D eigenvalue weighted by Gasteiger charge is 2.25. The lowest BCUT2D eigenvalue weighted by molar-refractivity contribution is 0.181. The van der Waals surface area contributed by atoms with Gasteiger partial charge in [-0.3, -0.25) is 4.57 Å². The molecule has 8 nitrogen and oxygen atoms in total. The van der Waals surface area contributed by atoms with Gasteiger partial charge in [0.2, 0.25) is 5.89 Å². The van der Waals surface area contributed by atoms with Crippen LogP contribution in [0.2, 0.25) is 0 Å². The molecule has 1 aliphatic heterocycles. The number of methoxy groups -OCH3 is 1. The van der Waals surface area contributed by atoms with Crippen LogP contribution in [0.25, 0.3) is 0 Å². The standard InChI is InChI=1S/C15H23N5O3/c1-22-10-4-13-17-14(23-18-13)12-3-2-6-19(11-12)8-9-20-7-5-16-15(20)21/h5,7,12H,2-4,6,8-11H2,1H3,(H,16,21)/t12-/m1/s1. The predicted octanol–water partition coefficient (Wildman–Crippen LogP) is 0.628. The van der Waals surface area contributed by atoms with E-state index in [1.165, 1.54) is 0 Å². The number of hydrogen-bond donors (Lipinski definition) is 1. The largest absolute Gasteiger partial charge is 0.384 e. The highest BCUT2D eigenvalue weighted by Crippen LogP contribution is 2.25. The van der Waals surface area contributed by atoms with Gasteiger partial charge in [-0.05, 0) is 19.4 Å². The number of ether oxygens (including phenoxy) is 1. The summed E-state index contributed by atoms with van der Waals surface area (Å²) in [7, 11) is 1.66. The van der Waals surface area contributed by atoms with Gasteiger partial charge in [-0.2, -0.15) is 4.98 Å². The summed E-state index contributed by atoms with van der Waals surface area (Å²) in [5.41, 5.74) is -0.0572. The second-order valence-corrected chi connectivity index (χ2v) is 5.89. The highest BCUT2D eigenvalue weighted by atomic mass is 16.5. The summed E-state index contributed by atoms with van der Waals surface area (Å²) in [4.78, 5) is 21.0. The molecule has 1 atom stereocenters. The molecule has 23 heavy (non-hydrogen) atoms. The maximum absolute atomic E-state index is 11.5. The summed E-state index contributed by atoms with van der Waals surface area (Å²) in [5.74, 6) is 1.70. The lowest BCUT2D eigenvalue weighted by Crippen LogP contribution is -2.37. The van der Waals surface area contributed by atoms with Gasteiger partial charge in [0.1, 0.15) is 0 Å². The molecule has 3 rings (SSSR count). The zero-order valence-electron chi connectivity index (χ0n) is 13.4. The third kappa shape index (κ3) is 4.08. The van der Waals surface area contributed by atoms with Crippen molar-refractivity contribution < 1.29 is 9.26 Å². The molecule has 1 N–H and O–H groups in total. The second kappa shape index (κ2) is 7.56. The number of H-pyrrole nitrogens is 1. The fourth-order valence-corrected chi connectivity index (χ4v) is 2.96. The molecule has 0 spiro atoms. The maximum atomic E-state index is 11.5. The Labute approximate surface area is 134 Å². The summed E-state index contributed by atoms with van der Waals surface area (Å²) in [6.45, 7) is 4.07. The average molecular weight is 321 g/mol. The Morgan fingerprint density at radius 1 is 1.48 bits per heavy atom. The van der Waals surface area contributed by atoms with E-state index in [9.17, 15) is 4.79 Å². The molecule has 1 saturated heterocycles. The Morgan fingerprint density at radius 3 is 3.17 bits per heavy atom. The van der Waals surface area contributed by atoms with Crippen LogP contribution in [0, 0.1) is 0 Å². The van der Waals surface area contributed by atoms with Crippen molar-refractivity contribution in [2.45, 2.75) is 31.7 Å². The molecule has 2 aromatic heterocycles. The van der Waals surface area contributed by atoms with Crippen molar-refractivity contribution in [2.75, 3.05) is 33.4 Å². The van der Waals surface area contributed by atoms with E-state index in [2.05, 4.69) is 20.0 Å². The molecule has 0 aliphatic carbocycles. The van der Waals surface area contributed by atoms with Crippen LogP contribution in [0.15, 0.2) is 21.7 Å². The SMILES string of the molecule is COCCc1noc([C@@H]2CCCN(CCn3cc[nH]c3=O)C2)n1. The molecule has 0 saturated carbocycles. The van der Waals surface area contributed by atoms with Gasteiger partial charge < -0.3 is 19.1 Å². The van der Waals surface area contributed by atoms with Gasteiger partial charge in [0.15, 0.2) is 5.82 Å². The Kier molecular flexibility index (Phi) is 5.24.